The number of hydrogen-bond donors (Lipinski definition) is 0. The fourth-order valence-corrected chi connectivity index (χ4v) is 3.33. The van der Waals surface area contributed by atoms with Gasteiger partial charge in [-0.15, -0.1) is 10.2 Å². The standard InChI is InChI=1S/C20H22N4O3/c1-23(2)16-6-3-5-15(13-16)20(25)24-10-8-14(9-11-24)18-21-22-19(27-18)17-7-4-12-26-17/h3-7,12-14H,8-11H2,1-2H3. The maximum atomic E-state index is 12.8. The van der Waals surface area contributed by atoms with Crippen molar-refractivity contribution >= 4 is 11.6 Å². The molecular weight excluding hydrogens is 344 g/mol. The van der Waals surface area contributed by atoms with E-state index < -0.39 is 0 Å². The number of likely N-dealkylation sites (tertiary alicyclic amines) is 1. The molecule has 0 atom stereocenters. The molecule has 0 spiro atoms. The zero-order valence-corrected chi connectivity index (χ0v) is 15.5. The monoisotopic (exact) mass is 366 g/mol. The number of carbonyl (C=O) groups excluding carboxylic acids is 1. The summed E-state index contributed by atoms with van der Waals surface area (Å²) in [5.41, 5.74) is 1.74. The van der Waals surface area contributed by atoms with Crippen LogP contribution in [0.1, 0.15) is 35.0 Å². The molecule has 0 N–H and O–H groups in total. The first kappa shape index (κ1) is 17.3. The number of aromatic nitrogens is 2. The van der Waals surface area contributed by atoms with Gasteiger partial charge < -0.3 is 18.6 Å². The van der Waals surface area contributed by atoms with Crippen LogP contribution < -0.4 is 4.90 Å². The largest absolute Gasteiger partial charge is 0.459 e. The molecule has 1 fully saturated rings. The highest BCUT2D eigenvalue weighted by molar-refractivity contribution is 5.95. The van der Waals surface area contributed by atoms with Gasteiger partial charge in [-0.2, -0.15) is 0 Å². The number of carbonyl (C=O) groups is 1. The Bertz CT molecular complexity index is 909. The van der Waals surface area contributed by atoms with E-state index in [2.05, 4.69) is 10.2 Å². The summed E-state index contributed by atoms with van der Waals surface area (Å²) in [6.07, 6.45) is 3.19. The van der Waals surface area contributed by atoms with E-state index in [1.807, 2.05) is 48.2 Å². The quantitative estimate of drug-likeness (QED) is 0.704. The molecule has 0 radical (unpaired) electrons. The summed E-state index contributed by atoms with van der Waals surface area (Å²) in [6.45, 7) is 1.35. The molecule has 7 nitrogen and oxygen atoms in total. The van der Waals surface area contributed by atoms with Crippen LogP contribution in [0, 0.1) is 0 Å². The van der Waals surface area contributed by atoms with Gasteiger partial charge in [0.2, 0.25) is 5.89 Å². The Morgan fingerprint density at radius 1 is 1.15 bits per heavy atom. The van der Waals surface area contributed by atoms with Crippen LogP contribution in [0.3, 0.4) is 0 Å². The van der Waals surface area contributed by atoms with Gasteiger partial charge >= 0.3 is 0 Å². The van der Waals surface area contributed by atoms with Crippen LogP contribution >= 0.6 is 0 Å². The van der Waals surface area contributed by atoms with Crippen molar-refractivity contribution in [3.63, 3.8) is 0 Å². The summed E-state index contributed by atoms with van der Waals surface area (Å²) in [4.78, 5) is 16.7. The van der Waals surface area contributed by atoms with Gasteiger partial charge in [-0.1, -0.05) is 6.07 Å². The van der Waals surface area contributed by atoms with Gasteiger partial charge in [0, 0.05) is 44.4 Å². The molecule has 0 bridgehead atoms. The lowest BCUT2D eigenvalue weighted by Crippen LogP contribution is -2.38. The number of benzene rings is 1. The van der Waals surface area contributed by atoms with Crippen LogP contribution in [0.25, 0.3) is 11.7 Å². The molecule has 4 rings (SSSR count). The molecule has 1 aliphatic rings. The summed E-state index contributed by atoms with van der Waals surface area (Å²) in [5, 5.41) is 8.24. The Kier molecular flexibility index (Phi) is 4.66. The number of amides is 1. The van der Waals surface area contributed by atoms with Crippen LogP contribution in [0.5, 0.6) is 0 Å². The Balaban J connectivity index is 1.40. The summed E-state index contributed by atoms with van der Waals surface area (Å²) in [5.74, 6) is 1.82. The molecule has 7 heteroatoms. The second-order valence-corrected chi connectivity index (χ2v) is 6.93. The third kappa shape index (κ3) is 3.58. The van der Waals surface area contributed by atoms with E-state index in [0.29, 0.717) is 30.6 Å². The highest BCUT2D eigenvalue weighted by Crippen LogP contribution is 2.30. The van der Waals surface area contributed by atoms with Crippen molar-refractivity contribution in [3.8, 4) is 11.7 Å². The third-order valence-corrected chi connectivity index (χ3v) is 4.91. The van der Waals surface area contributed by atoms with Gasteiger partial charge in [-0.3, -0.25) is 4.79 Å². The highest BCUT2D eigenvalue weighted by atomic mass is 16.4. The Labute approximate surface area is 157 Å². The molecule has 1 aromatic carbocycles. The summed E-state index contributed by atoms with van der Waals surface area (Å²) < 4.78 is 11.1. The number of piperidine rings is 1. The van der Waals surface area contributed by atoms with Crippen LogP contribution in [0.2, 0.25) is 0 Å². The Morgan fingerprint density at radius 3 is 2.67 bits per heavy atom. The van der Waals surface area contributed by atoms with Gasteiger partial charge in [0.1, 0.15) is 0 Å². The smallest absolute Gasteiger partial charge is 0.283 e. The number of rotatable bonds is 4. The van der Waals surface area contributed by atoms with Crippen LogP contribution in [-0.2, 0) is 0 Å². The lowest BCUT2D eigenvalue weighted by Gasteiger charge is -2.30. The minimum absolute atomic E-state index is 0.0685. The van der Waals surface area contributed by atoms with Crippen molar-refractivity contribution in [1.29, 1.82) is 0 Å². The number of anilines is 1. The Hall–Kier alpha value is -3.09. The lowest BCUT2D eigenvalue weighted by atomic mass is 9.96. The second-order valence-electron chi connectivity index (χ2n) is 6.93. The first-order valence-electron chi connectivity index (χ1n) is 9.06. The van der Waals surface area contributed by atoms with Crippen LogP contribution in [0.4, 0.5) is 5.69 Å². The topological polar surface area (TPSA) is 75.6 Å². The predicted octanol–water partition coefficient (Wildman–Crippen LogP) is 3.42. The lowest BCUT2D eigenvalue weighted by molar-refractivity contribution is 0.0706. The molecule has 2 aromatic heterocycles. The van der Waals surface area contributed by atoms with E-state index in [1.165, 1.54) is 0 Å². The first-order valence-corrected chi connectivity index (χ1v) is 9.06. The van der Waals surface area contributed by atoms with E-state index in [4.69, 9.17) is 8.83 Å². The average molecular weight is 366 g/mol. The van der Waals surface area contributed by atoms with Crippen LogP contribution in [0.15, 0.2) is 51.5 Å². The first-order chi connectivity index (χ1) is 13.1. The minimum Gasteiger partial charge on any atom is -0.459 e. The van der Waals surface area contributed by atoms with Gasteiger partial charge in [-0.05, 0) is 43.2 Å². The fourth-order valence-electron chi connectivity index (χ4n) is 3.33. The SMILES string of the molecule is CN(C)c1cccc(C(=O)N2CCC(c3nnc(-c4ccco4)o3)CC2)c1. The van der Waals surface area contributed by atoms with Crippen molar-refractivity contribution in [3.05, 3.63) is 54.1 Å². The molecule has 27 heavy (non-hydrogen) atoms. The highest BCUT2D eigenvalue weighted by Gasteiger charge is 2.28. The van der Waals surface area contributed by atoms with Gasteiger partial charge in [-0.25, -0.2) is 0 Å². The van der Waals surface area contributed by atoms with Crippen molar-refractivity contribution in [2.45, 2.75) is 18.8 Å². The molecule has 1 saturated heterocycles. The molecule has 140 valence electrons. The van der Waals surface area contributed by atoms with Gasteiger partial charge in [0.25, 0.3) is 11.8 Å². The van der Waals surface area contributed by atoms with E-state index in [0.717, 1.165) is 24.1 Å². The van der Waals surface area contributed by atoms with E-state index in [9.17, 15) is 4.79 Å². The molecule has 3 aromatic rings. The molecular formula is C20H22N4O3. The summed E-state index contributed by atoms with van der Waals surface area (Å²) in [6, 6.07) is 11.3. The number of nitrogens with zero attached hydrogens (tertiary/aromatic N) is 4. The fraction of sp³-hybridized carbons (Fsp3) is 0.350. The summed E-state index contributed by atoms with van der Waals surface area (Å²) in [7, 11) is 3.94. The van der Waals surface area contributed by atoms with E-state index in [1.54, 1.807) is 18.4 Å². The zero-order valence-electron chi connectivity index (χ0n) is 15.5. The molecule has 0 aliphatic carbocycles. The van der Waals surface area contributed by atoms with Gasteiger partial charge in [0.05, 0.1) is 6.26 Å². The molecule has 1 amide bonds. The molecule has 1 aliphatic heterocycles. The van der Waals surface area contributed by atoms with Crippen molar-refractivity contribution < 1.29 is 13.6 Å². The minimum atomic E-state index is 0.0685. The van der Waals surface area contributed by atoms with Gasteiger partial charge in [0.15, 0.2) is 5.76 Å². The van der Waals surface area contributed by atoms with Crippen molar-refractivity contribution in [2.75, 3.05) is 32.1 Å². The normalized spacial score (nSPS) is 15.1. The van der Waals surface area contributed by atoms with Crippen molar-refractivity contribution in [2.24, 2.45) is 0 Å². The average Bonchev–Trinajstić information content (AvgIpc) is 3.39. The Morgan fingerprint density at radius 2 is 1.96 bits per heavy atom. The molecule has 0 unspecified atom stereocenters. The number of furan rings is 1. The summed E-state index contributed by atoms with van der Waals surface area (Å²) >= 11 is 0. The maximum absolute atomic E-state index is 12.8. The molecule has 0 saturated carbocycles. The van der Waals surface area contributed by atoms with Crippen LogP contribution in [-0.4, -0.2) is 48.2 Å². The van der Waals surface area contributed by atoms with E-state index >= 15 is 0 Å². The van der Waals surface area contributed by atoms with Crippen molar-refractivity contribution in [1.82, 2.24) is 15.1 Å². The second kappa shape index (κ2) is 7.26. The zero-order chi connectivity index (χ0) is 18.8. The van der Waals surface area contributed by atoms with E-state index in [-0.39, 0.29) is 11.8 Å². The predicted molar refractivity (Wildman–Crippen MR) is 101 cm³/mol. The number of hydrogen-bond acceptors (Lipinski definition) is 6. The third-order valence-electron chi connectivity index (χ3n) is 4.91. The molecule has 3 heterocycles. The maximum Gasteiger partial charge on any atom is 0.283 e.